The summed E-state index contributed by atoms with van der Waals surface area (Å²) in [6.45, 7) is 4.92. The van der Waals surface area contributed by atoms with Gasteiger partial charge in [-0.15, -0.1) is 0 Å². The van der Waals surface area contributed by atoms with Crippen LogP contribution in [0.4, 0.5) is 10.5 Å². The molecule has 2 aromatic rings. The zero-order valence-corrected chi connectivity index (χ0v) is 17.1. The molecule has 0 aromatic heterocycles. The average molecular weight is 420 g/mol. The molecule has 28 heavy (non-hydrogen) atoms. The van der Waals surface area contributed by atoms with E-state index in [1.54, 1.807) is 19.1 Å². The minimum absolute atomic E-state index is 0.255. The first kappa shape index (κ1) is 20.2. The summed E-state index contributed by atoms with van der Waals surface area (Å²) in [4.78, 5) is 38.7. The van der Waals surface area contributed by atoms with Crippen LogP contribution in [0.1, 0.15) is 23.6 Å². The lowest BCUT2D eigenvalue weighted by molar-refractivity contribution is -0.133. The van der Waals surface area contributed by atoms with Gasteiger partial charge in [-0.25, -0.2) is 4.79 Å². The van der Waals surface area contributed by atoms with Crippen LogP contribution in [0.5, 0.6) is 0 Å². The number of nitrogens with zero attached hydrogens (tertiary/aromatic N) is 1. The molecular formula is C20H19Cl2N3O3. The molecule has 2 aromatic carbocycles. The van der Waals surface area contributed by atoms with Crippen molar-refractivity contribution in [2.75, 3.05) is 11.9 Å². The van der Waals surface area contributed by atoms with Gasteiger partial charge in [-0.1, -0.05) is 41.4 Å². The summed E-state index contributed by atoms with van der Waals surface area (Å²) >= 11 is 12.1. The second-order valence-corrected chi connectivity index (χ2v) is 7.78. The third-order valence-corrected chi connectivity index (χ3v) is 5.26. The van der Waals surface area contributed by atoms with Gasteiger partial charge in [0.1, 0.15) is 12.1 Å². The predicted molar refractivity (Wildman–Crippen MR) is 109 cm³/mol. The van der Waals surface area contributed by atoms with E-state index in [9.17, 15) is 14.4 Å². The summed E-state index contributed by atoms with van der Waals surface area (Å²) in [5.74, 6) is -1.03. The highest BCUT2D eigenvalue weighted by atomic mass is 35.5. The number of imide groups is 1. The van der Waals surface area contributed by atoms with Crippen LogP contribution >= 0.6 is 23.2 Å². The van der Waals surface area contributed by atoms with E-state index in [-0.39, 0.29) is 5.02 Å². The molecule has 1 unspecified atom stereocenters. The van der Waals surface area contributed by atoms with Gasteiger partial charge in [0, 0.05) is 21.3 Å². The Balaban J connectivity index is 1.80. The third-order valence-electron chi connectivity index (χ3n) is 4.71. The van der Waals surface area contributed by atoms with Gasteiger partial charge < -0.3 is 10.6 Å². The minimum atomic E-state index is -1.38. The average Bonchev–Trinajstić information content (AvgIpc) is 2.82. The number of carbonyl (C=O) groups excluding carboxylic acids is 3. The molecule has 6 nitrogen and oxygen atoms in total. The number of anilines is 1. The predicted octanol–water partition coefficient (Wildman–Crippen LogP) is 4.02. The standard InChI is InChI=1S/C20H19Cl2N3O3/c1-11-4-5-12(2)16(8-11)23-17(26)10-25-18(27)20(3,24-19(25)28)14-7-6-13(21)9-15(14)22/h4-9H,10H2,1-3H3,(H,23,26)(H,24,28). The van der Waals surface area contributed by atoms with Crippen LogP contribution < -0.4 is 10.6 Å². The number of rotatable bonds is 4. The molecule has 1 atom stereocenters. The van der Waals surface area contributed by atoms with Crippen molar-refractivity contribution in [1.29, 1.82) is 0 Å². The number of benzene rings is 2. The molecule has 1 fully saturated rings. The lowest BCUT2D eigenvalue weighted by Crippen LogP contribution is -2.42. The molecule has 0 spiro atoms. The van der Waals surface area contributed by atoms with Crippen molar-refractivity contribution in [1.82, 2.24) is 10.2 Å². The normalized spacial score (nSPS) is 19.0. The van der Waals surface area contributed by atoms with Crippen LogP contribution in [0.2, 0.25) is 10.0 Å². The first-order valence-corrected chi connectivity index (χ1v) is 9.34. The second kappa shape index (κ2) is 7.45. The maximum absolute atomic E-state index is 13.0. The Labute approximate surface area is 172 Å². The van der Waals surface area contributed by atoms with Crippen LogP contribution in [-0.2, 0) is 15.1 Å². The summed E-state index contributed by atoms with van der Waals surface area (Å²) in [5, 5.41) is 6.05. The quantitative estimate of drug-likeness (QED) is 0.734. The fourth-order valence-electron chi connectivity index (χ4n) is 3.12. The molecule has 0 radical (unpaired) electrons. The molecule has 0 aliphatic carbocycles. The smallest absolute Gasteiger partial charge is 0.324 e. The Morgan fingerprint density at radius 1 is 1.14 bits per heavy atom. The molecule has 2 N–H and O–H groups in total. The molecule has 1 heterocycles. The van der Waals surface area contributed by atoms with Crippen LogP contribution in [0, 0.1) is 13.8 Å². The van der Waals surface area contributed by atoms with Crippen molar-refractivity contribution in [2.24, 2.45) is 0 Å². The molecule has 3 rings (SSSR count). The summed E-state index contributed by atoms with van der Waals surface area (Å²) in [6.07, 6.45) is 0. The van der Waals surface area contributed by atoms with Gasteiger partial charge in [-0.3, -0.25) is 14.5 Å². The highest BCUT2D eigenvalue weighted by Crippen LogP contribution is 2.34. The first-order valence-electron chi connectivity index (χ1n) is 8.58. The van der Waals surface area contributed by atoms with E-state index >= 15 is 0 Å². The van der Waals surface area contributed by atoms with Crippen molar-refractivity contribution in [3.8, 4) is 0 Å². The van der Waals surface area contributed by atoms with Gasteiger partial charge in [0.15, 0.2) is 0 Å². The Bertz CT molecular complexity index is 993. The lowest BCUT2D eigenvalue weighted by atomic mass is 9.92. The highest BCUT2D eigenvalue weighted by Gasteiger charge is 2.50. The number of hydrogen-bond donors (Lipinski definition) is 2. The van der Waals surface area contributed by atoms with Gasteiger partial charge in [-0.05, 0) is 50.1 Å². The van der Waals surface area contributed by atoms with Gasteiger partial charge in [-0.2, -0.15) is 0 Å². The zero-order chi connectivity index (χ0) is 20.6. The lowest BCUT2D eigenvalue weighted by Gasteiger charge is -2.23. The summed E-state index contributed by atoms with van der Waals surface area (Å²) in [5.41, 5.74) is 1.54. The molecule has 146 valence electrons. The topological polar surface area (TPSA) is 78.5 Å². The Kier molecular flexibility index (Phi) is 5.37. The largest absolute Gasteiger partial charge is 0.325 e. The highest BCUT2D eigenvalue weighted by molar-refractivity contribution is 6.35. The van der Waals surface area contributed by atoms with Crippen molar-refractivity contribution in [3.63, 3.8) is 0 Å². The van der Waals surface area contributed by atoms with E-state index in [2.05, 4.69) is 10.6 Å². The molecule has 4 amide bonds. The first-order chi connectivity index (χ1) is 13.1. The van der Waals surface area contributed by atoms with Crippen molar-refractivity contribution in [3.05, 3.63) is 63.1 Å². The third kappa shape index (κ3) is 3.70. The second-order valence-electron chi connectivity index (χ2n) is 6.94. The number of amides is 4. The minimum Gasteiger partial charge on any atom is -0.324 e. The fraction of sp³-hybridized carbons (Fsp3) is 0.250. The van der Waals surface area contributed by atoms with Gasteiger partial charge >= 0.3 is 6.03 Å². The zero-order valence-electron chi connectivity index (χ0n) is 15.6. The Hall–Kier alpha value is -2.57. The summed E-state index contributed by atoms with van der Waals surface area (Å²) < 4.78 is 0. The van der Waals surface area contributed by atoms with E-state index in [0.717, 1.165) is 16.0 Å². The number of hydrogen-bond acceptors (Lipinski definition) is 3. The van der Waals surface area contributed by atoms with Crippen LogP contribution in [-0.4, -0.2) is 29.3 Å². The molecule has 0 bridgehead atoms. The molecule has 1 aliphatic heterocycles. The number of halogens is 2. The van der Waals surface area contributed by atoms with Crippen molar-refractivity contribution in [2.45, 2.75) is 26.3 Å². The summed E-state index contributed by atoms with van der Waals surface area (Å²) in [6, 6.07) is 9.67. The number of aryl methyl sites for hydroxylation is 2. The number of urea groups is 1. The van der Waals surface area contributed by atoms with E-state index in [1.165, 1.54) is 6.07 Å². The maximum atomic E-state index is 13.0. The van der Waals surface area contributed by atoms with Crippen molar-refractivity contribution >= 4 is 46.7 Å². The molecule has 8 heteroatoms. The molecule has 1 aliphatic rings. The van der Waals surface area contributed by atoms with Crippen LogP contribution in [0.3, 0.4) is 0 Å². The van der Waals surface area contributed by atoms with E-state index in [4.69, 9.17) is 23.2 Å². The van der Waals surface area contributed by atoms with Gasteiger partial charge in [0.2, 0.25) is 5.91 Å². The molecular weight excluding hydrogens is 401 g/mol. The molecule has 1 saturated heterocycles. The van der Waals surface area contributed by atoms with Crippen molar-refractivity contribution < 1.29 is 14.4 Å². The summed E-state index contributed by atoms with van der Waals surface area (Å²) in [7, 11) is 0. The van der Waals surface area contributed by atoms with E-state index in [0.29, 0.717) is 16.3 Å². The SMILES string of the molecule is Cc1ccc(C)c(NC(=O)CN2C(=O)NC(C)(c3ccc(Cl)cc3Cl)C2=O)c1. The van der Waals surface area contributed by atoms with Crippen LogP contribution in [0.15, 0.2) is 36.4 Å². The fourth-order valence-corrected chi connectivity index (χ4v) is 3.72. The molecule has 0 saturated carbocycles. The van der Waals surface area contributed by atoms with E-state index < -0.39 is 29.9 Å². The van der Waals surface area contributed by atoms with Crippen LogP contribution in [0.25, 0.3) is 0 Å². The number of carbonyl (C=O) groups is 3. The maximum Gasteiger partial charge on any atom is 0.325 e. The Morgan fingerprint density at radius 3 is 2.54 bits per heavy atom. The van der Waals surface area contributed by atoms with Gasteiger partial charge in [0.05, 0.1) is 0 Å². The van der Waals surface area contributed by atoms with Gasteiger partial charge in [0.25, 0.3) is 5.91 Å². The Morgan fingerprint density at radius 2 is 1.86 bits per heavy atom. The van der Waals surface area contributed by atoms with E-state index in [1.807, 2.05) is 32.0 Å². The monoisotopic (exact) mass is 419 g/mol. The number of nitrogens with one attached hydrogen (secondary N) is 2.